The Kier molecular flexibility index (Phi) is 5.08. The molecule has 0 aliphatic carbocycles. The van der Waals surface area contributed by atoms with E-state index in [0.29, 0.717) is 0 Å². The normalized spacial score (nSPS) is 11.9. The number of benzene rings is 2. The summed E-state index contributed by atoms with van der Waals surface area (Å²) in [7, 11) is 0. The van der Waals surface area contributed by atoms with Crippen molar-refractivity contribution >= 4 is 23.3 Å². The molecule has 2 aromatic carbocycles. The van der Waals surface area contributed by atoms with Gasteiger partial charge >= 0.3 is 12.2 Å². The Hall–Kier alpha value is -2.21. The summed E-state index contributed by atoms with van der Waals surface area (Å²) in [4.78, 5) is 12.2. The molecule has 24 heavy (non-hydrogen) atoms. The van der Waals surface area contributed by atoms with E-state index in [0.717, 1.165) is 23.8 Å². The van der Waals surface area contributed by atoms with E-state index in [2.05, 4.69) is 10.6 Å². The summed E-state index contributed by atoms with van der Waals surface area (Å²) in [6, 6.07) is 11.3. The van der Waals surface area contributed by atoms with Gasteiger partial charge in [-0.25, -0.2) is 4.79 Å². The van der Waals surface area contributed by atoms with Crippen LogP contribution in [0.4, 0.5) is 23.7 Å². The Balaban J connectivity index is 2.15. The molecule has 2 rings (SSSR count). The van der Waals surface area contributed by atoms with Crippen molar-refractivity contribution in [2.75, 3.05) is 5.32 Å². The fraction of sp³-hybridized carbons (Fsp3) is 0.235. The maximum absolute atomic E-state index is 12.8. The van der Waals surface area contributed by atoms with Crippen molar-refractivity contribution in [1.82, 2.24) is 5.32 Å². The molecule has 128 valence electrons. The minimum Gasteiger partial charge on any atom is -0.329 e. The average Bonchev–Trinajstić information content (AvgIpc) is 2.48. The molecule has 0 aliphatic rings. The van der Waals surface area contributed by atoms with Gasteiger partial charge in [-0.3, -0.25) is 0 Å². The summed E-state index contributed by atoms with van der Waals surface area (Å²) in [6.07, 6.45) is -4.51. The summed E-state index contributed by atoms with van der Waals surface area (Å²) < 4.78 is 38.3. The highest BCUT2D eigenvalue weighted by atomic mass is 35.5. The fourth-order valence-electron chi connectivity index (χ4n) is 2.16. The number of carbonyl (C=O) groups is 1. The zero-order chi connectivity index (χ0) is 18.0. The Morgan fingerprint density at radius 3 is 2.21 bits per heavy atom. The molecular weight excluding hydrogens is 341 g/mol. The van der Waals surface area contributed by atoms with Crippen LogP contribution in [-0.2, 0) is 11.7 Å². The Labute approximate surface area is 142 Å². The molecule has 0 saturated carbocycles. The number of halogens is 4. The van der Waals surface area contributed by atoms with E-state index >= 15 is 0 Å². The molecule has 0 bridgehead atoms. The molecule has 2 amide bonds. The molecule has 0 saturated heterocycles. The lowest BCUT2D eigenvalue weighted by molar-refractivity contribution is -0.137. The molecule has 0 aliphatic heterocycles. The highest BCUT2D eigenvalue weighted by Crippen LogP contribution is 2.33. The molecule has 2 N–H and O–H groups in total. The van der Waals surface area contributed by atoms with Crippen LogP contribution in [0.1, 0.15) is 25.0 Å². The van der Waals surface area contributed by atoms with Crippen molar-refractivity contribution < 1.29 is 18.0 Å². The van der Waals surface area contributed by atoms with Crippen molar-refractivity contribution in [3.63, 3.8) is 0 Å². The maximum Gasteiger partial charge on any atom is 0.416 e. The maximum atomic E-state index is 12.8. The Morgan fingerprint density at radius 1 is 1.00 bits per heavy atom. The Bertz CT molecular complexity index is 730. The monoisotopic (exact) mass is 356 g/mol. The lowest BCUT2D eigenvalue weighted by Gasteiger charge is -2.27. The molecule has 0 heterocycles. The average molecular weight is 357 g/mol. The van der Waals surface area contributed by atoms with Gasteiger partial charge in [0.2, 0.25) is 0 Å². The van der Waals surface area contributed by atoms with Gasteiger partial charge in [-0.2, -0.15) is 13.2 Å². The van der Waals surface area contributed by atoms with Gasteiger partial charge in [-0.1, -0.05) is 41.9 Å². The SMILES string of the molecule is CC(C)(NC(=O)Nc1cc(C(F)(F)F)ccc1Cl)c1ccccc1. The van der Waals surface area contributed by atoms with Crippen molar-refractivity contribution in [2.45, 2.75) is 25.6 Å². The quantitative estimate of drug-likeness (QED) is 0.758. The van der Waals surface area contributed by atoms with Crippen LogP contribution >= 0.6 is 11.6 Å². The summed E-state index contributed by atoms with van der Waals surface area (Å²) in [5.41, 5.74) is -0.841. The Morgan fingerprint density at radius 2 is 1.62 bits per heavy atom. The first-order chi connectivity index (χ1) is 11.1. The second kappa shape index (κ2) is 6.73. The molecule has 0 aromatic heterocycles. The van der Waals surface area contributed by atoms with Crippen LogP contribution in [0, 0.1) is 0 Å². The van der Waals surface area contributed by atoms with Crippen LogP contribution in [0.25, 0.3) is 0 Å². The fourth-order valence-corrected chi connectivity index (χ4v) is 2.33. The molecule has 0 fully saturated rings. The third-order valence-electron chi connectivity index (χ3n) is 3.46. The number of nitrogens with one attached hydrogen (secondary N) is 2. The van der Waals surface area contributed by atoms with Gasteiger partial charge in [0.1, 0.15) is 0 Å². The van der Waals surface area contributed by atoms with E-state index in [1.54, 1.807) is 13.8 Å². The topological polar surface area (TPSA) is 41.1 Å². The van der Waals surface area contributed by atoms with Gasteiger partial charge in [-0.15, -0.1) is 0 Å². The number of alkyl halides is 3. The molecule has 2 aromatic rings. The van der Waals surface area contributed by atoms with Crippen LogP contribution in [0.2, 0.25) is 5.02 Å². The molecule has 0 spiro atoms. The number of hydrogen-bond acceptors (Lipinski definition) is 1. The molecular formula is C17H16ClF3N2O. The zero-order valence-corrected chi connectivity index (χ0v) is 13.8. The third-order valence-corrected chi connectivity index (χ3v) is 3.79. The summed E-state index contributed by atoms with van der Waals surface area (Å²) in [6.45, 7) is 3.57. The minimum atomic E-state index is -4.51. The smallest absolute Gasteiger partial charge is 0.329 e. The first kappa shape index (κ1) is 18.1. The van der Waals surface area contributed by atoms with Gasteiger partial charge in [0.15, 0.2) is 0 Å². The van der Waals surface area contributed by atoms with E-state index in [9.17, 15) is 18.0 Å². The van der Waals surface area contributed by atoms with Crippen molar-refractivity contribution in [2.24, 2.45) is 0 Å². The van der Waals surface area contributed by atoms with Crippen molar-refractivity contribution in [3.05, 3.63) is 64.7 Å². The molecule has 7 heteroatoms. The van der Waals surface area contributed by atoms with Gasteiger partial charge in [0.05, 0.1) is 21.8 Å². The summed E-state index contributed by atoms with van der Waals surface area (Å²) in [5, 5.41) is 5.11. The van der Waals surface area contributed by atoms with E-state index in [4.69, 9.17) is 11.6 Å². The van der Waals surface area contributed by atoms with Crippen molar-refractivity contribution in [3.8, 4) is 0 Å². The van der Waals surface area contributed by atoms with Gasteiger partial charge in [0.25, 0.3) is 0 Å². The predicted octanol–water partition coefficient (Wildman–Crippen LogP) is 5.42. The summed E-state index contributed by atoms with van der Waals surface area (Å²) >= 11 is 5.87. The number of urea groups is 1. The summed E-state index contributed by atoms with van der Waals surface area (Å²) in [5.74, 6) is 0. The van der Waals surface area contributed by atoms with E-state index in [1.165, 1.54) is 0 Å². The standard InChI is InChI=1S/C17H16ClF3N2O/c1-16(2,11-6-4-3-5-7-11)23-15(24)22-14-10-12(17(19,20)21)8-9-13(14)18/h3-10H,1-2H3,(H2,22,23,24). The highest BCUT2D eigenvalue weighted by Gasteiger charge is 2.31. The number of amides is 2. The number of hydrogen-bond donors (Lipinski definition) is 2. The first-order valence-corrected chi connectivity index (χ1v) is 7.49. The first-order valence-electron chi connectivity index (χ1n) is 7.11. The number of carbonyl (C=O) groups excluding carboxylic acids is 1. The number of anilines is 1. The van der Waals surface area contributed by atoms with Crippen LogP contribution in [0.3, 0.4) is 0 Å². The van der Waals surface area contributed by atoms with E-state index < -0.39 is 23.3 Å². The van der Waals surface area contributed by atoms with E-state index in [1.807, 2.05) is 30.3 Å². The predicted molar refractivity (Wildman–Crippen MR) is 88.1 cm³/mol. The van der Waals surface area contributed by atoms with Crippen LogP contribution in [0.5, 0.6) is 0 Å². The van der Waals surface area contributed by atoms with Crippen LogP contribution in [-0.4, -0.2) is 6.03 Å². The minimum absolute atomic E-state index is 0.0238. The van der Waals surface area contributed by atoms with Crippen LogP contribution in [0.15, 0.2) is 48.5 Å². The molecule has 3 nitrogen and oxygen atoms in total. The van der Waals surface area contributed by atoms with Gasteiger partial charge in [-0.05, 0) is 37.6 Å². The zero-order valence-electron chi connectivity index (χ0n) is 13.0. The second-order valence-corrected chi connectivity index (χ2v) is 6.17. The van der Waals surface area contributed by atoms with Gasteiger partial charge in [0, 0.05) is 0 Å². The lowest BCUT2D eigenvalue weighted by Crippen LogP contribution is -2.43. The highest BCUT2D eigenvalue weighted by molar-refractivity contribution is 6.33. The largest absolute Gasteiger partial charge is 0.416 e. The second-order valence-electron chi connectivity index (χ2n) is 5.76. The third kappa shape index (κ3) is 4.41. The van der Waals surface area contributed by atoms with Gasteiger partial charge < -0.3 is 10.6 Å². The van der Waals surface area contributed by atoms with Crippen molar-refractivity contribution in [1.29, 1.82) is 0 Å². The van der Waals surface area contributed by atoms with Crippen LogP contribution < -0.4 is 10.6 Å². The lowest BCUT2D eigenvalue weighted by atomic mass is 9.95. The molecule has 0 radical (unpaired) electrons. The molecule has 0 unspecified atom stereocenters. The number of rotatable bonds is 3. The molecule has 0 atom stereocenters. The van der Waals surface area contributed by atoms with E-state index in [-0.39, 0.29) is 10.7 Å².